The molecule has 1 heteroatoms. The van der Waals surface area contributed by atoms with Crippen LogP contribution in [-0.4, -0.2) is 12.7 Å². The molecular formula is C10H14O. The van der Waals surface area contributed by atoms with Crippen LogP contribution in [0.4, 0.5) is 0 Å². The Labute approximate surface area is 67.4 Å². The first-order valence-corrected chi connectivity index (χ1v) is 4.67. The van der Waals surface area contributed by atoms with Gasteiger partial charge in [-0.25, -0.2) is 0 Å². The molecular weight excluding hydrogens is 136 g/mol. The molecule has 60 valence electrons. The minimum atomic E-state index is 0.589. The lowest BCUT2D eigenvalue weighted by Gasteiger charge is -2.21. The minimum Gasteiger partial charge on any atom is -0.373 e. The van der Waals surface area contributed by atoms with Gasteiger partial charge in [-0.15, -0.1) is 0 Å². The second-order valence-corrected chi connectivity index (χ2v) is 4.38. The van der Waals surface area contributed by atoms with Crippen LogP contribution in [0.1, 0.15) is 25.7 Å². The molecule has 2 aliphatic carbocycles. The molecule has 0 aromatic heterocycles. The molecule has 3 aliphatic rings. The van der Waals surface area contributed by atoms with Gasteiger partial charge >= 0.3 is 0 Å². The van der Waals surface area contributed by atoms with Crippen LogP contribution >= 0.6 is 0 Å². The normalized spacial score (nSPS) is 52.0. The van der Waals surface area contributed by atoms with Crippen molar-refractivity contribution >= 4 is 0 Å². The first kappa shape index (κ1) is 6.24. The van der Waals surface area contributed by atoms with Gasteiger partial charge in [-0.1, -0.05) is 12.2 Å². The van der Waals surface area contributed by atoms with E-state index in [1.165, 1.54) is 25.7 Å². The molecule has 3 atom stereocenters. The second kappa shape index (κ2) is 1.89. The maximum atomic E-state index is 5.28. The molecule has 1 aliphatic heterocycles. The predicted octanol–water partition coefficient (Wildman–Crippen LogP) is 2.13. The van der Waals surface area contributed by atoms with Crippen molar-refractivity contribution in [2.75, 3.05) is 6.61 Å². The summed E-state index contributed by atoms with van der Waals surface area (Å²) in [6.45, 7) is 1.03. The van der Waals surface area contributed by atoms with Crippen LogP contribution in [-0.2, 0) is 4.74 Å². The summed E-state index contributed by atoms with van der Waals surface area (Å²) in [4.78, 5) is 0. The molecule has 0 aromatic rings. The zero-order valence-electron chi connectivity index (χ0n) is 6.75. The highest BCUT2D eigenvalue weighted by molar-refractivity contribution is 5.16. The van der Waals surface area contributed by atoms with Gasteiger partial charge in [-0.2, -0.15) is 0 Å². The molecule has 1 saturated heterocycles. The van der Waals surface area contributed by atoms with E-state index in [1.54, 1.807) is 0 Å². The third-order valence-electron chi connectivity index (χ3n) is 3.44. The standard InChI is InChI=1S/C10H14O/c1-3-10(6-9-7-11-9)4-2-8(1)5-10/h1,3,8-9H,2,4-7H2. The third-order valence-corrected chi connectivity index (χ3v) is 3.44. The smallest absolute Gasteiger partial charge is 0.0818 e. The van der Waals surface area contributed by atoms with Gasteiger partial charge in [0, 0.05) is 0 Å². The summed E-state index contributed by atoms with van der Waals surface area (Å²) >= 11 is 0. The Morgan fingerprint density at radius 2 is 2.45 bits per heavy atom. The summed E-state index contributed by atoms with van der Waals surface area (Å²) in [5, 5.41) is 0. The highest BCUT2D eigenvalue weighted by Gasteiger charge is 2.44. The number of hydrogen-bond donors (Lipinski definition) is 0. The molecule has 0 N–H and O–H groups in total. The Morgan fingerprint density at radius 3 is 2.91 bits per heavy atom. The van der Waals surface area contributed by atoms with Crippen molar-refractivity contribution in [2.45, 2.75) is 31.8 Å². The summed E-state index contributed by atoms with van der Waals surface area (Å²) in [6, 6.07) is 0. The van der Waals surface area contributed by atoms with E-state index in [1.807, 2.05) is 0 Å². The van der Waals surface area contributed by atoms with Crippen LogP contribution in [0.15, 0.2) is 12.2 Å². The molecule has 11 heavy (non-hydrogen) atoms. The SMILES string of the molecule is C1=CC2(CC3CO3)CCC1C2. The van der Waals surface area contributed by atoms with Gasteiger partial charge in [-0.05, 0) is 37.0 Å². The van der Waals surface area contributed by atoms with Crippen LogP contribution in [0.3, 0.4) is 0 Å². The number of fused-ring (bicyclic) bond motifs is 2. The van der Waals surface area contributed by atoms with Crippen LogP contribution in [0.5, 0.6) is 0 Å². The molecule has 0 amide bonds. The zero-order chi connectivity index (χ0) is 7.31. The Bertz CT molecular complexity index is 205. The van der Waals surface area contributed by atoms with E-state index in [0.717, 1.165) is 12.5 Å². The summed E-state index contributed by atoms with van der Waals surface area (Å²) < 4.78 is 5.28. The summed E-state index contributed by atoms with van der Waals surface area (Å²) in [7, 11) is 0. The van der Waals surface area contributed by atoms with Gasteiger partial charge in [0.15, 0.2) is 0 Å². The highest BCUT2D eigenvalue weighted by Crippen LogP contribution is 2.52. The largest absolute Gasteiger partial charge is 0.373 e. The van der Waals surface area contributed by atoms with Gasteiger partial charge in [0.2, 0.25) is 0 Å². The topological polar surface area (TPSA) is 12.5 Å². The van der Waals surface area contributed by atoms with Crippen molar-refractivity contribution in [2.24, 2.45) is 11.3 Å². The Balaban J connectivity index is 1.77. The third kappa shape index (κ3) is 0.943. The van der Waals surface area contributed by atoms with Gasteiger partial charge in [0.05, 0.1) is 12.7 Å². The van der Waals surface area contributed by atoms with Crippen molar-refractivity contribution in [1.29, 1.82) is 0 Å². The molecule has 0 radical (unpaired) electrons. The first-order valence-electron chi connectivity index (χ1n) is 4.67. The fraction of sp³-hybridized carbons (Fsp3) is 0.800. The van der Waals surface area contributed by atoms with Gasteiger partial charge in [0.25, 0.3) is 0 Å². The number of allylic oxidation sites excluding steroid dienone is 2. The van der Waals surface area contributed by atoms with Gasteiger partial charge in [0.1, 0.15) is 0 Å². The van der Waals surface area contributed by atoms with E-state index >= 15 is 0 Å². The molecule has 3 rings (SSSR count). The van der Waals surface area contributed by atoms with E-state index < -0.39 is 0 Å². The molecule has 2 bridgehead atoms. The minimum absolute atomic E-state index is 0.589. The van der Waals surface area contributed by atoms with E-state index in [0.29, 0.717) is 11.5 Å². The van der Waals surface area contributed by atoms with Crippen molar-refractivity contribution in [3.05, 3.63) is 12.2 Å². The van der Waals surface area contributed by atoms with Crippen molar-refractivity contribution in [1.82, 2.24) is 0 Å². The monoisotopic (exact) mass is 150 g/mol. The van der Waals surface area contributed by atoms with Gasteiger partial charge < -0.3 is 4.74 Å². The zero-order valence-corrected chi connectivity index (χ0v) is 6.75. The molecule has 1 heterocycles. The van der Waals surface area contributed by atoms with Crippen molar-refractivity contribution in [3.8, 4) is 0 Å². The van der Waals surface area contributed by atoms with Crippen molar-refractivity contribution < 1.29 is 4.74 Å². The molecule has 0 spiro atoms. The van der Waals surface area contributed by atoms with Crippen molar-refractivity contribution in [3.63, 3.8) is 0 Å². The quantitative estimate of drug-likeness (QED) is 0.434. The Kier molecular flexibility index (Phi) is 1.07. The molecule has 3 unspecified atom stereocenters. The summed E-state index contributed by atoms with van der Waals surface area (Å²) in [5.41, 5.74) is 0.589. The van der Waals surface area contributed by atoms with Crippen LogP contribution < -0.4 is 0 Å². The lowest BCUT2D eigenvalue weighted by molar-refractivity contribution is 0.297. The maximum absolute atomic E-state index is 5.28. The lowest BCUT2D eigenvalue weighted by Crippen LogP contribution is -2.14. The fourth-order valence-corrected chi connectivity index (χ4v) is 2.75. The fourth-order valence-electron chi connectivity index (χ4n) is 2.75. The average Bonchev–Trinajstić information content (AvgIpc) is 2.63. The highest BCUT2D eigenvalue weighted by atomic mass is 16.6. The summed E-state index contributed by atoms with van der Waals surface area (Å²) in [6.07, 6.45) is 11.1. The van der Waals surface area contributed by atoms with E-state index in [2.05, 4.69) is 12.2 Å². The van der Waals surface area contributed by atoms with Crippen LogP contribution in [0.25, 0.3) is 0 Å². The van der Waals surface area contributed by atoms with E-state index in [9.17, 15) is 0 Å². The first-order chi connectivity index (χ1) is 5.36. The number of hydrogen-bond acceptors (Lipinski definition) is 1. The number of epoxide rings is 1. The Morgan fingerprint density at radius 1 is 1.55 bits per heavy atom. The lowest BCUT2D eigenvalue weighted by atomic mass is 9.83. The maximum Gasteiger partial charge on any atom is 0.0818 e. The molecule has 1 nitrogen and oxygen atoms in total. The van der Waals surface area contributed by atoms with Crippen LogP contribution in [0.2, 0.25) is 0 Å². The molecule has 1 saturated carbocycles. The molecule has 2 fully saturated rings. The molecule has 0 aromatic carbocycles. The Hall–Kier alpha value is -0.300. The average molecular weight is 150 g/mol. The number of rotatable bonds is 2. The summed E-state index contributed by atoms with van der Waals surface area (Å²) in [5.74, 6) is 0.925. The second-order valence-electron chi connectivity index (χ2n) is 4.38. The number of ether oxygens (including phenoxy) is 1. The van der Waals surface area contributed by atoms with Gasteiger partial charge in [-0.3, -0.25) is 0 Å². The van der Waals surface area contributed by atoms with E-state index in [-0.39, 0.29) is 0 Å². The van der Waals surface area contributed by atoms with Crippen LogP contribution in [0, 0.1) is 11.3 Å². The van der Waals surface area contributed by atoms with E-state index in [4.69, 9.17) is 4.74 Å². The predicted molar refractivity (Wildman–Crippen MR) is 43.3 cm³/mol.